The average molecular weight is 322 g/mol. The highest BCUT2D eigenvalue weighted by Crippen LogP contribution is 2.22. The van der Waals surface area contributed by atoms with Crippen LogP contribution in [0.5, 0.6) is 0 Å². The van der Waals surface area contributed by atoms with E-state index in [2.05, 4.69) is 11.6 Å². The second kappa shape index (κ2) is 6.40. The largest absolute Gasteiger partial charge is 0.406 e. The number of rotatable bonds is 4. The van der Waals surface area contributed by atoms with Crippen LogP contribution in [-0.2, 0) is 0 Å². The first-order chi connectivity index (χ1) is 10.7. The molecule has 1 aromatic heterocycles. The Kier molecular flexibility index (Phi) is 4.73. The van der Waals surface area contributed by atoms with Gasteiger partial charge in [0.1, 0.15) is 6.54 Å². The minimum absolute atomic E-state index is 0.175. The van der Waals surface area contributed by atoms with Crippen LogP contribution >= 0.6 is 0 Å². The number of fused-ring (bicyclic) bond motifs is 1. The van der Waals surface area contributed by atoms with Crippen LogP contribution in [0.25, 0.3) is 10.9 Å². The Balaban J connectivity index is 2.45. The summed E-state index contributed by atoms with van der Waals surface area (Å²) in [6, 6.07) is 7.16. The Labute approximate surface area is 132 Å². The molecule has 0 aliphatic carbocycles. The number of amides is 1. The van der Waals surface area contributed by atoms with Gasteiger partial charge in [-0.2, -0.15) is 13.2 Å². The zero-order valence-electron chi connectivity index (χ0n) is 12.9. The molecule has 0 saturated carbocycles. The molecular weight excluding hydrogens is 305 g/mol. The molecule has 1 aromatic carbocycles. The lowest BCUT2D eigenvalue weighted by Crippen LogP contribution is -2.39. The van der Waals surface area contributed by atoms with E-state index in [-0.39, 0.29) is 12.1 Å². The molecule has 0 N–H and O–H groups in total. The second-order valence-electron chi connectivity index (χ2n) is 5.41. The summed E-state index contributed by atoms with van der Waals surface area (Å²) in [5.41, 5.74) is 2.27. The van der Waals surface area contributed by atoms with E-state index in [1.54, 1.807) is 13.0 Å². The number of aromatic nitrogens is 1. The first kappa shape index (κ1) is 17.0. The molecule has 0 radical (unpaired) electrons. The SMILES string of the molecule is C=CCN(CC(F)(F)F)C(=O)c1cc2cc(C)ccc2nc1C. The summed E-state index contributed by atoms with van der Waals surface area (Å²) in [7, 11) is 0. The lowest BCUT2D eigenvalue weighted by Gasteiger charge is -2.23. The van der Waals surface area contributed by atoms with Crippen LogP contribution in [0, 0.1) is 13.8 Å². The van der Waals surface area contributed by atoms with Gasteiger partial charge >= 0.3 is 6.18 Å². The molecule has 0 atom stereocenters. The van der Waals surface area contributed by atoms with Crippen LogP contribution in [0.15, 0.2) is 36.9 Å². The third-order valence-corrected chi connectivity index (χ3v) is 3.40. The summed E-state index contributed by atoms with van der Waals surface area (Å²) in [4.78, 5) is 17.5. The molecule has 0 aliphatic rings. The number of halogens is 3. The number of carbonyl (C=O) groups excluding carboxylic acids is 1. The van der Waals surface area contributed by atoms with E-state index in [0.717, 1.165) is 15.8 Å². The highest BCUT2D eigenvalue weighted by atomic mass is 19.4. The highest BCUT2D eigenvalue weighted by Gasteiger charge is 2.33. The molecule has 0 unspecified atom stereocenters. The third-order valence-electron chi connectivity index (χ3n) is 3.40. The lowest BCUT2D eigenvalue weighted by atomic mass is 10.1. The molecule has 0 bridgehead atoms. The van der Waals surface area contributed by atoms with Gasteiger partial charge in [-0.1, -0.05) is 17.7 Å². The second-order valence-corrected chi connectivity index (χ2v) is 5.41. The van der Waals surface area contributed by atoms with E-state index < -0.39 is 18.6 Å². The van der Waals surface area contributed by atoms with Gasteiger partial charge in [-0.05, 0) is 32.0 Å². The summed E-state index contributed by atoms with van der Waals surface area (Å²) < 4.78 is 38.0. The molecule has 1 heterocycles. The summed E-state index contributed by atoms with van der Waals surface area (Å²) in [6.45, 7) is 5.43. The number of benzene rings is 1. The van der Waals surface area contributed by atoms with Crippen molar-refractivity contribution in [3.63, 3.8) is 0 Å². The molecule has 6 heteroatoms. The first-order valence-electron chi connectivity index (χ1n) is 7.06. The Morgan fingerprint density at radius 2 is 2.00 bits per heavy atom. The Bertz CT molecular complexity index is 753. The number of carbonyl (C=O) groups is 1. The number of aryl methyl sites for hydroxylation is 2. The minimum Gasteiger partial charge on any atom is -0.326 e. The monoisotopic (exact) mass is 322 g/mol. The van der Waals surface area contributed by atoms with E-state index in [0.29, 0.717) is 11.2 Å². The molecule has 23 heavy (non-hydrogen) atoms. The molecule has 2 aromatic rings. The number of alkyl halides is 3. The predicted octanol–water partition coefficient (Wildman–Crippen LogP) is 4.04. The maximum atomic E-state index is 12.7. The maximum Gasteiger partial charge on any atom is 0.406 e. The molecular formula is C17H17F3N2O. The quantitative estimate of drug-likeness (QED) is 0.796. The molecule has 122 valence electrons. The van der Waals surface area contributed by atoms with Gasteiger partial charge in [-0.3, -0.25) is 9.78 Å². The zero-order chi connectivity index (χ0) is 17.2. The van der Waals surface area contributed by atoms with E-state index in [1.165, 1.54) is 6.08 Å². The standard InChI is InChI=1S/C17H17F3N2O/c1-4-7-22(10-17(18,19)20)16(23)14-9-13-8-11(2)5-6-15(13)21-12(14)3/h4-6,8-9H,1,7,10H2,2-3H3. The van der Waals surface area contributed by atoms with Crippen molar-refractivity contribution in [1.82, 2.24) is 9.88 Å². The normalized spacial score (nSPS) is 11.5. The van der Waals surface area contributed by atoms with Gasteiger partial charge < -0.3 is 4.90 Å². The molecule has 0 spiro atoms. The number of hydrogen-bond acceptors (Lipinski definition) is 2. The van der Waals surface area contributed by atoms with E-state index in [1.807, 2.05) is 25.1 Å². The number of pyridine rings is 1. The zero-order valence-corrected chi connectivity index (χ0v) is 12.9. The van der Waals surface area contributed by atoms with Crippen molar-refractivity contribution in [2.24, 2.45) is 0 Å². The van der Waals surface area contributed by atoms with Crippen LogP contribution < -0.4 is 0 Å². The smallest absolute Gasteiger partial charge is 0.326 e. The van der Waals surface area contributed by atoms with Gasteiger partial charge in [0.15, 0.2) is 0 Å². The van der Waals surface area contributed by atoms with E-state index >= 15 is 0 Å². The molecule has 0 aliphatic heterocycles. The van der Waals surface area contributed by atoms with Crippen LogP contribution in [0.2, 0.25) is 0 Å². The summed E-state index contributed by atoms with van der Waals surface area (Å²) >= 11 is 0. The summed E-state index contributed by atoms with van der Waals surface area (Å²) in [5, 5.41) is 0.726. The Morgan fingerprint density at radius 1 is 1.30 bits per heavy atom. The molecule has 2 rings (SSSR count). The summed E-state index contributed by atoms with van der Waals surface area (Å²) in [6.07, 6.45) is -3.19. The average Bonchev–Trinajstić information content (AvgIpc) is 2.44. The van der Waals surface area contributed by atoms with E-state index in [4.69, 9.17) is 0 Å². The van der Waals surface area contributed by atoms with Gasteiger partial charge in [0.05, 0.1) is 16.8 Å². The van der Waals surface area contributed by atoms with Crippen LogP contribution in [0.3, 0.4) is 0 Å². The van der Waals surface area contributed by atoms with Crippen molar-refractivity contribution < 1.29 is 18.0 Å². The number of hydrogen-bond donors (Lipinski definition) is 0. The lowest BCUT2D eigenvalue weighted by molar-refractivity contribution is -0.139. The van der Waals surface area contributed by atoms with Crippen LogP contribution in [0.4, 0.5) is 13.2 Å². The molecule has 0 fully saturated rings. The van der Waals surface area contributed by atoms with Gasteiger partial charge in [0.25, 0.3) is 5.91 Å². The van der Waals surface area contributed by atoms with Crippen molar-refractivity contribution in [2.75, 3.05) is 13.1 Å². The first-order valence-corrected chi connectivity index (χ1v) is 7.06. The fourth-order valence-corrected chi connectivity index (χ4v) is 2.37. The van der Waals surface area contributed by atoms with Gasteiger partial charge in [-0.25, -0.2) is 0 Å². The number of nitrogens with zero attached hydrogens (tertiary/aromatic N) is 2. The third kappa shape index (κ3) is 4.09. The predicted molar refractivity (Wildman–Crippen MR) is 83.4 cm³/mol. The molecule has 0 saturated heterocycles. The Morgan fingerprint density at radius 3 is 2.61 bits per heavy atom. The Hall–Kier alpha value is -2.37. The van der Waals surface area contributed by atoms with Crippen LogP contribution in [0.1, 0.15) is 21.6 Å². The highest BCUT2D eigenvalue weighted by molar-refractivity contribution is 5.98. The van der Waals surface area contributed by atoms with Crippen molar-refractivity contribution >= 4 is 16.8 Å². The van der Waals surface area contributed by atoms with Gasteiger partial charge in [0, 0.05) is 11.9 Å². The van der Waals surface area contributed by atoms with Crippen molar-refractivity contribution in [3.8, 4) is 0 Å². The topological polar surface area (TPSA) is 33.2 Å². The minimum atomic E-state index is -4.46. The molecule has 3 nitrogen and oxygen atoms in total. The van der Waals surface area contributed by atoms with Crippen LogP contribution in [-0.4, -0.2) is 35.1 Å². The van der Waals surface area contributed by atoms with Gasteiger partial charge in [0.2, 0.25) is 0 Å². The summed E-state index contributed by atoms with van der Waals surface area (Å²) in [5.74, 6) is -0.698. The fraction of sp³-hybridized carbons (Fsp3) is 0.294. The van der Waals surface area contributed by atoms with Crippen molar-refractivity contribution in [3.05, 3.63) is 53.7 Å². The van der Waals surface area contributed by atoms with E-state index in [9.17, 15) is 18.0 Å². The van der Waals surface area contributed by atoms with Crippen molar-refractivity contribution in [2.45, 2.75) is 20.0 Å². The molecule has 1 amide bonds. The van der Waals surface area contributed by atoms with Gasteiger partial charge in [-0.15, -0.1) is 6.58 Å². The maximum absolute atomic E-state index is 12.7. The fourth-order valence-electron chi connectivity index (χ4n) is 2.37. The van der Waals surface area contributed by atoms with Crippen molar-refractivity contribution in [1.29, 1.82) is 0 Å².